The second-order valence-corrected chi connectivity index (χ2v) is 6.15. The predicted octanol–water partition coefficient (Wildman–Crippen LogP) is 2.36. The molecule has 0 bridgehead atoms. The molecule has 0 spiro atoms. The minimum absolute atomic E-state index is 0.104. The van der Waals surface area contributed by atoms with Gasteiger partial charge in [0.1, 0.15) is 11.4 Å². The summed E-state index contributed by atoms with van der Waals surface area (Å²) in [6, 6.07) is 6.28. The van der Waals surface area contributed by atoms with Gasteiger partial charge < -0.3 is 15.0 Å². The Morgan fingerprint density at radius 3 is 2.71 bits per heavy atom. The summed E-state index contributed by atoms with van der Waals surface area (Å²) in [7, 11) is 0. The van der Waals surface area contributed by atoms with Crippen LogP contribution in [0.1, 0.15) is 38.8 Å². The normalized spacial score (nSPS) is 15.4. The van der Waals surface area contributed by atoms with E-state index in [1.807, 2.05) is 24.8 Å². The molecule has 0 saturated carbocycles. The molecule has 1 aliphatic heterocycles. The molecule has 1 aliphatic rings. The fourth-order valence-corrected chi connectivity index (χ4v) is 2.77. The summed E-state index contributed by atoms with van der Waals surface area (Å²) in [6.45, 7) is 10.8. The van der Waals surface area contributed by atoms with Crippen molar-refractivity contribution < 1.29 is 9.53 Å². The van der Waals surface area contributed by atoms with E-state index < -0.39 is 0 Å². The molecule has 0 unspecified atom stereocenters. The van der Waals surface area contributed by atoms with Crippen molar-refractivity contribution in [1.82, 2.24) is 10.2 Å². The van der Waals surface area contributed by atoms with Crippen molar-refractivity contribution in [2.75, 3.05) is 19.6 Å². The number of hydrogen-bond acceptors (Lipinski definition) is 3. The highest BCUT2D eigenvalue weighted by atomic mass is 16.5. The number of rotatable bonds is 6. The van der Waals surface area contributed by atoms with E-state index >= 15 is 0 Å². The van der Waals surface area contributed by atoms with Crippen molar-refractivity contribution in [3.63, 3.8) is 0 Å². The lowest BCUT2D eigenvalue weighted by Gasteiger charge is -2.18. The monoisotopic (exact) mass is 290 g/mol. The number of carbonyl (C=O) groups is 1. The third kappa shape index (κ3) is 3.97. The van der Waals surface area contributed by atoms with Crippen molar-refractivity contribution in [2.24, 2.45) is 0 Å². The number of nitrogens with zero attached hydrogens (tertiary/aromatic N) is 1. The molecule has 1 amide bonds. The predicted molar refractivity (Wildman–Crippen MR) is 84.5 cm³/mol. The van der Waals surface area contributed by atoms with Gasteiger partial charge >= 0.3 is 0 Å². The third-order valence-electron chi connectivity index (χ3n) is 3.85. The van der Waals surface area contributed by atoms with E-state index in [9.17, 15) is 4.79 Å². The maximum absolute atomic E-state index is 11.9. The van der Waals surface area contributed by atoms with E-state index in [1.165, 1.54) is 11.1 Å². The average Bonchev–Trinajstić information content (AvgIpc) is 2.73. The second kappa shape index (κ2) is 6.48. The number of fused-ring (bicyclic) bond motifs is 1. The Morgan fingerprint density at radius 2 is 2.05 bits per heavy atom. The molecule has 1 heterocycles. The highest BCUT2D eigenvalue weighted by Crippen LogP contribution is 2.35. The van der Waals surface area contributed by atoms with Crippen LogP contribution in [0.2, 0.25) is 0 Å². The second-order valence-electron chi connectivity index (χ2n) is 6.15. The lowest BCUT2D eigenvalue weighted by atomic mass is 10.0. The van der Waals surface area contributed by atoms with E-state index in [2.05, 4.69) is 31.3 Å². The fourth-order valence-electron chi connectivity index (χ4n) is 2.77. The molecule has 2 rings (SSSR count). The molecule has 4 heteroatoms. The van der Waals surface area contributed by atoms with Crippen LogP contribution in [0, 0.1) is 0 Å². The Hall–Kier alpha value is -1.55. The fraction of sp³-hybridized carbons (Fsp3) is 0.588. The van der Waals surface area contributed by atoms with E-state index in [1.54, 1.807) is 0 Å². The van der Waals surface area contributed by atoms with Crippen molar-refractivity contribution in [1.29, 1.82) is 0 Å². The van der Waals surface area contributed by atoms with Crippen molar-refractivity contribution in [3.05, 3.63) is 29.3 Å². The van der Waals surface area contributed by atoms with Crippen LogP contribution in [0.15, 0.2) is 18.2 Å². The molecule has 0 aliphatic carbocycles. The first-order chi connectivity index (χ1) is 9.95. The molecule has 21 heavy (non-hydrogen) atoms. The SMILES string of the molecule is CCN(CC)C(=O)CNCc1ccc2c(c1)CC(C)(C)O2. The summed E-state index contributed by atoms with van der Waals surface area (Å²) in [5, 5.41) is 3.23. The van der Waals surface area contributed by atoms with Gasteiger partial charge in [0.25, 0.3) is 0 Å². The van der Waals surface area contributed by atoms with Gasteiger partial charge in [0, 0.05) is 26.1 Å². The van der Waals surface area contributed by atoms with E-state index in [0.717, 1.165) is 25.3 Å². The van der Waals surface area contributed by atoms with Gasteiger partial charge in [-0.2, -0.15) is 0 Å². The van der Waals surface area contributed by atoms with Gasteiger partial charge in [0.05, 0.1) is 6.54 Å². The summed E-state index contributed by atoms with van der Waals surface area (Å²) in [5.74, 6) is 1.15. The van der Waals surface area contributed by atoms with Gasteiger partial charge in [0.15, 0.2) is 0 Å². The average molecular weight is 290 g/mol. The van der Waals surface area contributed by atoms with E-state index in [4.69, 9.17) is 4.74 Å². The molecular formula is C17H26N2O2. The van der Waals surface area contributed by atoms with Crippen LogP contribution in [-0.4, -0.2) is 36.0 Å². The molecule has 1 aromatic rings. The first-order valence-corrected chi connectivity index (χ1v) is 7.74. The zero-order valence-corrected chi connectivity index (χ0v) is 13.5. The van der Waals surface area contributed by atoms with Crippen LogP contribution in [0.25, 0.3) is 0 Å². The highest BCUT2D eigenvalue weighted by Gasteiger charge is 2.29. The minimum Gasteiger partial charge on any atom is -0.487 e. The minimum atomic E-state index is -0.104. The number of hydrogen-bond donors (Lipinski definition) is 1. The number of benzene rings is 1. The van der Waals surface area contributed by atoms with Gasteiger partial charge in [-0.3, -0.25) is 4.79 Å². The molecule has 0 atom stereocenters. The number of nitrogens with one attached hydrogen (secondary N) is 1. The van der Waals surface area contributed by atoms with Gasteiger partial charge in [-0.25, -0.2) is 0 Å². The van der Waals surface area contributed by atoms with Crippen LogP contribution in [0.3, 0.4) is 0 Å². The zero-order chi connectivity index (χ0) is 15.5. The topological polar surface area (TPSA) is 41.6 Å². The quantitative estimate of drug-likeness (QED) is 0.874. The smallest absolute Gasteiger partial charge is 0.236 e. The maximum Gasteiger partial charge on any atom is 0.236 e. The van der Waals surface area contributed by atoms with Crippen molar-refractivity contribution >= 4 is 5.91 Å². The zero-order valence-electron chi connectivity index (χ0n) is 13.5. The summed E-state index contributed by atoms with van der Waals surface area (Å²) in [5.41, 5.74) is 2.35. The van der Waals surface area contributed by atoms with Crippen molar-refractivity contribution in [2.45, 2.75) is 46.3 Å². The third-order valence-corrected chi connectivity index (χ3v) is 3.85. The summed E-state index contributed by atoms with van der Waals surface area (Å²) >= 11 is 0. The van der Waals surface area contributed by atoms with Gasteiger partial charge in [-0.1, -0.05) is 12.1 Å². The molecule has 0 aromatic heterocycles. The van der Waals surface area contributed by atoms with Crippen LogP contribution < -0.4 is 10.1 Å². The van der Waals surface area contributed by atoms with Crippen molar-refractivity contribution in [3.8, 4) is 5.75 Å². The van der Waals surface area contributed by atoms with Gasteiger partial charge in [0.2, 0.25) is 5.91 Å². The van der Waals surface area contributed by atoms with Crippen LogP contribution in [0.5, 0.6) is 5.75 Å². The number of amides is 1. The number of likely N-dealkylation sites (N-methyl/N-ethyl adjacent to an activating group) is 1. The van der Waals surface area contributed by atoms with Gasteiger partial charge in [-0.05, 0) is 44.9 Å². The molecule has 0 radical (unpaired) electrons. The van der Waals surface area contributed by atoms with Crippen LogP contribution in [-0.2, 0) is 17.8 Å². The van der Waals surface area contributed by atoms with E-state index in [0.29, 0.717) is 13.1 Å². The Kier molecular flexibility index (Phi) is 4.88. The Bertz CT molecular complexity index is 508. The lowest BCUT2D eigenvalue weighted by Crippen LogP contribution is -2.37. The highest BCUT2D eigenvalue weighted by molar-refractivity contribution is 5.78. The molecule has 4 nitrogen and oxygen atoms in total. The number of carbonyl (C=O) groups excluding carboxylic acids is 1. The maximum atomic E-state index is 11.9. The van der Waals surface area contributed by atoms with Crippen LogP contribution in [0.4, 0.5) is 0 Å². The standard InChI is InChI=1S/C17H26N2O2/c1-5-19(6-2)16(20)12-18-11-13-7-8-15-14(9-13)10-17(3,4)21-15/h7-9,18H,5-6,10-12H2,1-4H3. The lowest BCUT2D eigenvalue weighted by molar-refractivity contribution is -0.129. The molecule has 1 aromatic carbocycles. The van der Waals surface area contributed by atoms with Gasteiger partial charge in [-0.15, -0.1) is 0 Å². The Labute approximate surface area is 127 Å². The Morgan fingerprint density at radius 1 is 1.33 bits per heavy atom. The summed E-state index contributed by atoms with van der Waals surface area (Å²) in [4.78, 5) is 13.8. The largest absolute Gasteiger partial charge is 0.487 e. The molecule has 0 fully saturated rings. The molecule has 116 valence electrons. The first kappa shape index (κ1) is 15.8. The summed E-state index contributed by atoms with van der Waals surface area (Å²) < 4.78 is 5.87. The molecular weight excluding hydrogens is 264 g/mol. The number of ether oxygens (including phenoxy) is 1. The van der Waals surface area contributed by atoms with E-state index in [-0.39, 0.29) is 11.5 Å². The summed E-state index contributed by atoms with van der Waals surface area (Å²) in [6.07, 6.45) is 0.939. The van der Waals surface area contributed by atoms with Crippen LogP contribution >= 0.6 is 0 Å². The first-order valence-electron chi connectivity index (χ1n) is 7.74. The molecule has 1 N–H and O–H groups in total. The Balaban J connectivity index is 1.87. The molecule has 0 saturated heterocycles.